The van der Waals surface area contributed by atoms with Crippen LogP contribution in [-0.4, -0.2) is 39.1 Å². The summed E-state index contributed by atoms with van der Waals surface area (Å²) in [6, 6.07) is 7.14. The summed E-state index contributed by atoms with van der Waals surface area (Å²) in [4.78, 5) is 2.01. The second kappa shape index (κ2) is 6.97. The smallest absolute Gasteiger partial charge is 0.190 e. The van der Waals surface area contributed by atoms with Crippen molar-refractivity contribution in [1.82, 2.24) is 4.90 Å². The third kappa shape index (κ3) is 2.67. The number of hydrogen-bond acceptors (Lipinski definition) is 4. The first-order valence-electron chi connectivity index (χ1n) is 9.18. The van der Waals surface area contributed by atoms with Crippen LogP contribution in [0.25, 0.3) is 0 Å². The summed E-state index contributed by atoms with van der Waals surface area (Å²) in [5.41, 5.74) is -0.197. The maximum atomic E-state index is 15.1. The molecule has 2 aliphatic heterocycles. The minimum absolute atomic E-state index is 0.0198. The Morgan fingerprint density at radius 1 is 1.18 bits per heavy atom. The SMILES string of the molecule is CCN1CCC[C@]2(S(=O)(=O)c3ccc(Cl)cc3)c3c(F)ccc(F)c3OC[C@H]12. The third-order valence-electron chi connectivity index (χ3n) is 5.85. The van der Waals surface area contributed by atoms with Gasteiger partial charge in [0.2, 0.25) is 0 Å². The molecule has 0 unspecified atom stereocenters. The van der Waals surface area contributed by atoms with Crippen LogP contribution in [0, 0.1) is 11.6 Å². The van der Waals surface area contributed by atoms with E-state index in [1.807, 2.05) is 11.8 Å². The zero-order valence-electron chi connectivity index (χ0n) is 15.3. The van der Waals surface area contributed by atoms with Crippen LogP contribution in [0.1, 0.15) is 25.3 Å². The minimum Gasteiger partial charge on any atom is -0.488 e. The predicted octanol–water partition coefficient (Wildman–Crippen LogP) is 4.16. The molecule has 4 rings (SSSR count). The first-order valence-corrected chi connectivity index (χ1v) is 11.0. The number of likely N-dealkylation sites (N-methyl/N-ethyl adjacent to an activating group) is 1. The highest BCUT2D eigenvalue weighted by atomic mass is 35.5. The highest BCUT2D eigenvalue weighted by molar-refractivity contribution is 7.92. The fraction of sp³-hybridized carbons (Fsp3) is 0.400. The monoisotopic (exact) mass is 427 g/mol. The summed E-state index contributed by atoms with van der Waals surface area (Å²) >= 11 is 5.92. The van der Waals surface area contributed by atoms with Crippen LogP contribution in [0.5, 0.6) is 5.75 Å². The van der Waals surface area contributed by atoms with Gasteiger partial charge >= 0.3 is 0 Å². The van der Waals surface area contributed by atoms with Gasteiger partial charge in [0.25, 0.3) is 0 Å². The summed E-state index contributed by atoms with van der Waals surface area (Å²) < 4.78 is 61.3. The van der Waals surface area contributed by atoms with E-state index in [1.54, 1.807) is 0 Å². The lowest BCUT2D eigenvalue weighted by molar-refractivity contribution is 0.0478. The van der Waals surface area contributed by atoms with E-state index in [0.717, 1.165) is 12.1 Å². The van der Waals surface area contributed by atoms with Gasteiger partial charge in [0.05, 0.1) is 16.5 Å². The van der Waals surface area contributed by atoms with Crippen LogP contribution >= 0.6 is 11.6 Å². The van der Waals surface area contributed by atoms with E-state index in [-0.39, 0.29) is 29.2 Å². The number of benzene rings is 2. The average Bonchev–Trinajstić information content (AvgIpc) is 2.69. The molecule has 150 valence electrons. The predicted molar refractivity (Wildman–Crippen MR) is 102 cm³/mol. The summed E-state index contributed by atoms with van der Waals surface area (Å²) in [5, 5.41) is 0.399. The van der Waals surface area contributed by atoms with Crippen molar-refractivity contribution >= 4 is 21.4 Å². The second-order valence-electron chi connectivity index (χ2n) is 7.14. The summed E-state index contributed by atoms with van der Waals surface area (Å²) in [7, 11) is -4.08. The molecular formula is C20H20ClF2NO3S. The van der Waals surface area contributed by atoms with E-state index in [1.165, 1.54) is 24.3 Å². The number of fused-ring (bicyclic) bond motifs is 3. The van der Waals surface area contributed by atoms with Crippen molar-refractivity contribution in [3.63, 3.8) is 0 Å². The van der Waals surface area contributed by atoms with Crippen molar-refractivity contribution < 1.29 is 21.9 Å². The van der Waals surface area contributed by atoms with Gasteiger partial charge in [-0.1, -0.05) is 18.5 Å². The molecule has 1 fully saturated rings. The number of ether oxygens (including phenoxy) is 1. The lowest BCUT2D eigenvalue weighted by Crippen LogP contribution is -2.62. The molecule has 1 saturated heterocycles. The minimum atomic E-state index is -4.08. The first kappa shape index (κ1) is 19.6. The Labute approximate surface area is 168 Å². The van der Waals surface area contributed by atoms with Crippen LogP contribution in [0.3, 0.4) is 0 Å². The lowest BCUT2D eigenvalue weighted by Gasteiger charge is -2.51. The van der Waals surface area contributed by atoms with Gasteiger partial charge in [-0.2, -0.15) is 0 Å². The summed E-state index contributed by atoms with van der Waals surface area (Å²) in [6.45, 7) is 3.16. The van der Waals surface area contributed by atoms with E-state index in [9.17, 15) is 12.8 Å². The Morgan fingerprint density at radius 2 is 1.86 bits per heavy atom. The van der Waals surface area contributed by atoms with E-state index in [2.05, 4.69) is 0 Å². The van der Waals surface area contributed by atoms with E-state index in [4.69, 9.17) is 16.3 Å². The van der Waals surface area contributed by atoms with Gasteiger partial charge < -0.3 is 4.74 Å². The van der Waals surface area contributed by atoms with Crippen LogP contribution in [0.4, 0.5) is 8.78 Å². The summed E-state index contributed by atoms with van der Waals surface area (Å²) in [6.07, 6.45) is 0.739. The van der Waals surface area contributed by atoms with Gasteiger partial charge in [-0.25, -0.2) is 17.2 Å². The molecule has 0 aromatic heterocycles. The maximum absolute atomic E-state index is 15.1. The Hall–Kier alpha value is -1.70. The molecule has 8 heteroatoms. The van der Waals surface area contributed by atoms with E-state index in [0.29, 0.717) is 24.5 Å². The van der Waals surface area contributed by atoms with E-state index >= 15 is 4.39 Å². The van der Waals surface area contributed by atoms with Crippen molar-refractivity contribution in [2.75, 3.05) is 19.7 Å². The van der Waals surface area contributed by atoms with Gasteiger partial charge in [-0.3, -0.25) is 4.90 Å². The van der Waals surface area contributed by atoms with Crippen LogP contribution < -0.4 is 4.74 Å². The molecule has 2 aromatic carbocycles. The highest BCUT2D eigenvalue weighted by Crippen LogP contribution is 2.53. The van der Waals surface area contributed by atoms with E-state index < -0.39 is 32.3 Å². The largest absolute Gasteiger partial charge is 0.488 e. The molecule has 0 saturated carbocycles. The zero-order chi connectivity index (χ0) is 20.1. The number of hydrogen-bond donors (Lipinski definition) is 0. The molecule has 28 heavy (non-hydrogen) atoms. The number of halogens is 3. The van der Waals surface area contributed by atoms with Crippen molar-refractivity contribution in [3.8, 4) is 5.75 Å². The molecule has 0 amide bonds. The number of likely N-dealkylation sites (tertiary alicyclic amines) is 1. The molecule has 2 atom stereocenters. The fourth-order valence-electron chi connectivity index (χ4n) is 4.58. The van der Waals surface area contributed by atoms with Gasteiger partial charge in [-0.05, 0) is 62.3 Å². The first-order chi connectivity index (χ1) is 13.3. The Kier molecular flexibility index (Phi) is 4.88. The van der Waals surface area contributed by atoms with Gasteiger partial charge in [0, 0.05) is 5.02 Å². The quantitative estimate of drug-likeness (QED) is 0.737. The number of sulfone groups is 1. The van der Waals surface area contributed by atoms with Crippen LogP contribution in [0.2, 0.25) is 5.02 Å². The summed E-state index contributed by atoms with van der Waals surface area (Å²) in [5.74, 6) is -1.82. The maximum Gasteiger partial charge on any atom is 0.190 e. The standard InChI is InChI=1S/C20H20ClF2NO3S/c1-2-24-11-3-10-20(28(25,26)14-6-4-13(21)5-7-14)17(24)12-27-19-16(23)9-8-15(22)18(19)20/h4-9,17H,2-3,10-12H2,1H3/t17-,20+/m0/s1. The van der Waals surface area contributed by atoms with Crippen LogP contribution in [-0.2, 0) is 14.6 Å². The zero-order valence-corrected chi connectivity index (χ0v) is 16.9. The molecule has 4 nitrogen and oxygen atoms in total. The molecular weight excluding hydrogens is 408 g/mol. The molecule has 0 spiro atoms. The second-order valence-corrected chi connectivity index (χ2v) is 9.78. The van der Waals surface area contributed by atoms with Crippen molar-refractivity contribution in [2.24, 2.45) is 0 Å². The lowest BCUT2D eigenvalue weighted by atomic mass is 9.80. The van der Waals surface area contributed by atoms with Crippen molar-refractivity contribution in [1.29, 1.82) is 0 Å². The van der Waals surface area contributed by atoms with Crippen molar-refractivity contribution in [2.45, 2.75) is 35.4 Å². The Bertz CT molecular complexity index is 1010. The molecule has 2 aromatic rings. The number of nitrogens with zero attached hydrogens (tertiary/aromatic N) is 1. The Morgan fingerprint density at radius 3 is 2.54 bits per heavy atom. The normalized spacial score (nSPS) is 24.9. The number of piperidine rings is 1. The van der Waals surface area contributed by atoms with Gasteiger partial charge in [-0.15, -0.1) is 0 Å². The third-order valence-corrected chi connectivity index (χ3v) is 8.63. The topological polar surface area (TPSA) is 46.6 Å². The molecule has 0 aliphatic carbocycles. The average molecular weight is 428 g/mol. The van der Waals surface area contributed by atoms with Gasteiger partial charge in [0.15, 0.2) is 21.4 Å². The molecule has 2 aliphatic rings. The molecule has 2 heterocycles. The Balaban J connectivity index is 2.04. The van der Waals surface area contributed by atoms with Crippen LogP contribution in [0.15, 0.2) is 41.3 Å². The fourth-order valence-corrected chi connectivity index (χ4v) is 7.06. The van der Waals surface area contributed by atoms with Gasteiger partial charge in [0.1, 0.15) is 17.2 Å². The highest BCUT2D eigenvalue weighted by Gasteiger charge is 2.60. The molecule has 0 bridgehead atoms. The number of rotatable bonds is 3. The molecule has 0 N–H and O–H groups in total. The molecule has 0 radical (unpaired) electrons. The van der Waals surface area contributed by atoms with Crippen molar-refractivity contribution in [3.05, 3.63) is 58.6 Å².